The second kappa shape index (κ2) is 7.03. The zero-order chi connectivity index (χ0) is 18.7. The minimum atomic E-state index is -4.35. The first-order valence-electron chi connectivity index (χ1n) is 7.77. The molecular formula is C19H16F3N3O. The van der Waals surface area contributed by atoms with Crippen LogP contribution in [0.1, 0.15) is 11.1 Å². The molecule has 2 aromatic carbocycles. The Labute approximate surface area is 148 Å². The minimum absolute atomic E-state index is 0.549. The Morgan fingerprint density at radius 1 is 1.08 bits per heavy atom. The van der Waals surface area contributed by atoms with Crippen LogP contribution in [0, 0.1) is 0 Å². The number of para-hydroxylation sites is 1. The van der Waals surface area contributed by atoms with E-state index in [9.17, 15) is 13.2 Å². The summed E-state index contributed by atoms with van der Waals surface area (Å²) in [5.74, 6) is 1.27. The molecule has 3 rings (SSSR count). The number of aliphatic imine (C=N–C) groups is 1. The van der Waals surface area contributed by atoms with E-state index in [1.807, 2.05) is 24.3 Å². The van der Waals surface area contributed by atoms with E-state index in [2.05, 4.69) is 10.1 Å². The molecule has 7 heteroatoms. The number of alkyl halides is 3. The summed E-state index contributed by atoms with van der Waals surface area (Å²) in [6, 6.07) is 14.0. The quantitative estimate of drug-likeness (QED) is 0.624. The third-order valence-corrected chi connectivity index (χ3v) is 3.84. The molecule has 0 unspecified atom stereocenters. The Kier molecular flexibility index (Phi) is 4.79. The van der Waals surface area contributed by atoms with Crippen molar-refractivity contribution in [2.75, 3.05) is 7.11 Å². The largest absolute Gasteiger partial charge is 0.496 e. The van der Waals surface area contributed by atoms with E-state index in [1.165, 1.54) is 12.1 Å². The summed E-state index contributed by atoms with van der Waals surface area (Å²) < 4.78 is 44.8. The Balaban J connectivity index is 1.86. The highest BCUT2D eigenvalue weighted by Crippen LogP contribution is 2.31. The molecular weight excluding hydrogens is 343 g/mol. The van der Waals surface area contributed by atoms with Crippen molar-refractivity contribution in [3.63, 3.8) is 0 Å². The van der Waals surface area contributed by atoms with Crippen LogP contribution >= 0.6 is 0 Å². The molecule has 26 heavy (non-hydrogen) atoms. The van der Waals surface area contributed by atoms with Crippen LogP contribution in [-0.2, 0) is 13.2 Å². The van der Waals surface area contributed by atoms with Crippen LogP contribution in [-0.4, -0.2) is 23.1 Å². The van der Waals surface area contributed by atoms with Gasteiger partial charge in [-0.3, -0.25) is 4.68 Å². The van der Waals surface area contributed by atoms with E-state index < -0.39 is 11.7 Å². The first-order chi connectivity index (χ1) is 12.4. The molecule has 1 aromatic heterocycles. The van der Waals surface area contributed by atoms with Crippen molar-refractivity contribution < 1.29 is 17.9 Å². The number of nitrogens with zero attached hydrogens (tertiary/aromatic N) is 3. The smallest absolute Gasteiger partial charge is 0.416 e. The molecule has 3 aromatic rings. The van der Waals surface area contributed by atoms with Crippen molar-refractivity contribution in [1.29, 1.82) is 0 Å². The van der Waals surface area contributed by atoms with E-state index in [-0.39, 0.29) is 0 Å². The molecule has 0 spiro atoms. The summed E-state index contributed by atoms with van der Waals surface area (Å²) in [4.78, 5) is 4.40. The Morgan fingerprint density at radius 3 is 2.42 bits per heavy atom. The van der Waals surface area contributed by atoms with Crippen LogP contribution in [0.25, 0.3) is 11.3 Å². The molecule has 1 heterocycles. The van der Waals surface area contributed by atoms with Crippen molar-refractivity contribution in [1.82, 2.24) is 9.78 Å². The van der Waals surface area contributed by atoms with Gasteiger partial charge in [0.15, 0.2) is 5.82 Å². The van der Waals surface area contributed by atoms with Crippen molar-refractivity contribution in [3.05, 3.63) is 65.7 Å². The maximum Gasteiger partial charge on any atom is 0.416 e. The lowest BCUT2D eigenvalue weighted by molar-refractivity contribution is -0.137. The summed E-state index contributed by atoms with van der Waals surface area (Å²) in [5, 5.41) is 4.32. The summed E-state index contributed by atoms with van der Waals surface area (Å²) in [6.45, 7) is 0. The number of aryl methyl sites for hydroxylation is 1. The van der Waals surface area contributed by atoms with Gasteiger partial charge in [-0.05, 0) is 24.3 Å². The number of hydrogen-bond acceptors (Lipinski definition) is 3. The van der Waals surface area contributed by atoms with Crippen molar-refractivity contribution in [2.24, 2.45) is 12.0 Å². The highest BCUT2D eigenvalue weighted by atomic mass is 19.4. The average molecular weight is 359 g/mol. The van der Waals surface area contributed by atoms with E-state index in [4.69, 9.17) is 4.74 Å². The molecule has 0 atom stereocenters. The molecule has 0 amide bonds. The zero-order valence-electron chi connectivity index (χ0n) is 14.2. The molecule has 0 aliphatic carbocycles. The molecule has 134 valence electrons. The molecule has 4 nitrogen and oxygen atoms in total. The number of benzene rings is 2. The summed E-state index contributed by atoms with van der Waals surface area (Å²) >= 11 is 0. The number of hydrogen-bond donors (Lipinski definition) is 0. The lowest BCUT2D eigenvalue weighted by Crippen LogP contribution is -2.04. The fourth-order valence-corrected chi connectivity index (χ4v) is 2.46. The molecule has 0 N–H and O–H groups in total. The fourth-order valence-electron chi connectivity index (χ4n) is 2.46. The van der Waals surface area contributed by atoms with Gasteiger partial charge in [0.25, 0.3) is 0 Å². The molecule has 0 saturated carbocycles. The zero-order valence-corrected chi connectivity index (χ0v) is 14.2. The molecule has 0 radical (unpaired) electrons. The molecule has 0 aliphatic heterocycles. The van der Waals surface area contributed by atoms with E-state index in [0.29, 0.717) is 22.8 Å². The maximum atomic E-state index is 12.7. The van der Waals surface area contributed by atoms with Crippen LogP contribution in [0.2, 0.25) is 0 Å². The van der Waals surface area contributed by atoms with Gasteiger partial charge in [-0.1, -0.05) is 24.3 Å². The van der Waals surface area contributed by atoms with Gasteiger partial charge in [-0.15, -0.1) is 0 Å². The lowest BCUT2D eigenvalue weighted by Gasteiger charge is -2.06. The van der Waals surface area contributed by atoms with Gasteiger partial charge in [0.2, 0.25) is 0 Å². The van der Waals surface area contributed by atoms with Crippen LogP contribution in [0.3, 0.4) is 0 Å². The van der Waals surface area contributed by atoms with Crippen molar-refractivity contribution in [2.45, 2.75) is 6.18 Å². The first kappa shape index (κ1) is 17.7. The Hall–Kier alpha value is -3.09. The molecule has 0 saturated heterocycles. The van der Waals surface area contributed by atoms with Crippen LogP contribution < -0.4 is 4.74 Å². The highest BCUT2D eigenvalue weighted by molar-refractivity contribution is 5.85. The van der Waals surface area contributed by atoms with Gasteiger partial charge in [0.05, 0.1) is 18.4 Å². The number of halogens is 3. The van der Waals surface area contributed by atoms with Crippen molar-refractivity contribution in [3.8, 4) is 17.0 Å². The summed E-state index contributed by atoms with van der Waals surface area (Å²) in [5.41, 5.74) is 1.26. The fraction of sp³-hybridized carbons (Fsp3) is 0.158. The monoisotopic (exact) mass is 359 g/mol. The van der Waals surface area contributed by atoms with Gasteiger partial charge in [0.1, 0.15) is 5.75 Å². The Bertz CT molecular complexity index is 928. The third-order valence-electron chi connectivity index (χ3n) is 3.84. The van der Waals surface area contributed by atoms with Crippen LogP contribution in [0.15, 0.2) is 59.6 Å². The third kappa shape index (κ3) is 3.77. The highest BCUT2D eigenvalue weighted by Gasteiger charge is 2.30. The molecule has 0 bridgehead atoms. The van der Waals surface area contributed by atoms with Gasteiger partial charge >= 0.3 is 6.18 Å². The second-order valence-corrected chi connectivity index (χ2v) is 5.59. The topological polar surface area (TPSA) is 39.4 Å². The lowest BCUT2D eigenvalue weighted by atomic mass is 10.1. The Morgan fingerprint density at radius 2 is 1.77 bits per heavy atom. The minimum Gasteiger partial charge on any atom is -0.496 e. The van der Waals surface area contributed by atoms with E-state index in [0.717, 1.165) is 17.7 Å². The summed E-state index contributed by atoms with van der Waals surface area (Å²) in [6.07, 6.45) is -2.70. The second-order valence-electron chi connectivity index (χ2n) is 5.59. The molecule has 0 aliphatic rings. The number of rotatable bonds is 4. The molecule has 0 fully saturated rings. The van der Waals surface area contributed by atoms with E-state index >= 15 is 0 Å². The van der Waals surface area contributed by atoms with Crippen LogP contribution in [0.4, 0.5) is 19.0 Å². The van der Waals surface area contributed by atoms with Gasteiger partial charge in [-0.25, -0.2) is 4.99 Å². The standard InChI is InChI=1S/C19H16F3N3O/c1-25-18(23-12-14-5-3-4-6-17(14)26-2)11-16(24-25)13-7-9-15(10-8-13)19(20,21)22/h3-12H,1-2H3/b23-12+. The SMILES string of the molecule is COc1ccccc1/C=N/c1cc(-c2ccc(C(F)(F)F)cc2)nn1C. The van der Waals surface area contributed by atoms with Crippen LogP contribution in [0.5, 0.6) is 5.75 Å². The normalized spacial score (nSPS) is 11.9. The first-order valence-corrected chi connectivity index (χ1v) is 7.77. The van der Waals surface area contributed by atoms with Gasteiger partial charge < -0.3 is 4.74 Å². The maximum absolute atomic E-state index is 12.7. The predicted molar refractivity (Wildman–Crippen MR) is 93.9 cm³/mol. The predicted octanol–water partition coefficient (Wildman–Crippen LogP) is 4.87. The van der Waals surface area contributed by atoms with Gasteiger partial charge in [0, 0.05) is 30.5 Å². The number of aromatic nitrogens is 2. The number of ether oxygens (including phenoxy) is 1. The average Bonchev–Trinajstić information content (AvgIpc) is 3.00. The summed E-state index contributed by atoms with van der Waals surface area (Å²) in [7, 11) is 3.31. The van der Waals surface area contributed by atoms with E-state index in [1.54, 1.807) is 31.1 Å². The van der Waals surface area contributed by atoms with Crippen molar-refractivity contribution >= 4 is 12.0 Å². The van der Waals surface area contributed by atoms with Gasteiger partial charge in [-0.2, -0.15) is 18.3 Å². The number of methoxy groups -OCH3 is 1.